The summed E-state index contributed by atoms with van der Waals surface area (Å²) < 4.78 is 2.19. The molecule has 0 radical (unpaired) electrons. The third-order valence-corrected chi connectivity index (χ3v) is 4.45. The van der Waals surface area contributed by atoms with Crippen molar-refractivity contribution in [2.75, 3.05) is 0 Å². The molecule has 0 amide bonds. The van der Waals surface area contributed by atoms with Gasteiger partial charge in [-0.05, 0) is 23.3 Å². The zero-order chi connectivity index (χ0) is 17.9. The van der Waals surface area contributed by atoms with Gasteiger partial charge < -0.3 is 4.57 Å². The number of fused-ring (bicyclic) bond motifs is 1. The summed E-state index contributed by atoms with van der Waals surface area (Å²) in [4.78, 5) is 8.29. The Hall–Kier alpha value is -3.64. The first-order chi connectivity index (χ1) is 12.8. The third-order valence-electron chi connectivity index (χ3n) is 4.45. The van der Waals surface area contributed by atoms with E-state index < -0.39 is 0 Å². The van der Waals surface area contributed by atoms with E-state index in [0.29, 0.717) is 12.2 Å². The van der Waals surface area contributed by atoms with Gasteiger partial charge >= 0.3 is 0 Å². The van der Waals surface area contributed by atoms with E-state index in [2.05, 4.69) is 34.2 Å². The highest BCUT2D eigenvalue weighted by atomic mass is 15.1. The number of nitrogens with zero attached hydrogens (tertiary/aromatic N) is 3. The van der Waals surface area contributed by atoms with Crippen molar-refractivity contribution in [3.63, 3.8) is 0 Å². The predicted octanol–water partition coefficient (Wildman–Crippen LogP) is 5.70. The van der Waals surface area contributed by atoms with E-state index in [-0.39, 0.29) is 0 Å². The summed E-state index contributed by atoms with van der Waals surface area (Å²) >= 11 is 0. The fourth-order valence-corrected chi connectivity index (χ4v) is 3.09. The van der Waals surface area contributed by atoms with E-state index in [0.717, 1.165) is 33.6 Å². The number of aromatic nitrogens is 2. The molecular formula is C23H17N3. The first-order valence-electron chi connectivity index (χ1n) is 8.42. The Morgan fingerprint density at radius 2 is 1.62 bits per heavy atom. The van der Waals surface area contributed by atoms with Crippen LogP contribution >= 0.6 is 0 Å². The van der Waals surface area contributed by atoms with Crippen molar-refractivity contribution in [2.45, 2.75) is 6.54 Å². The maximum Gasteiger partial charge on any atom is 0.187 e. The van der Waals surface area contributed by atoms with Crippen molar-refractivity contribution in [3.8, 4) is 0 Å². The van der Waals surface area contributed by atoms with Crippen molar-refractivity contribution in [1.29, 1.82) is 0 Å². The van der Waals surface area contributed by atoms with Crippen LogP contribution in [0.3, 0.4) is 0 Å². The second-order valence-corrected chi connectivity index (χ2v) is 6.13. The van der Waals surface area contributed by atoms with Crippen LogP contribution in [0.15, 0.2) is 85.4 Å². The lowest BCUT2D eigenvalue weighted by molar-refractivity contribution is 0.809. The van der Waals surface area contributed by atoms with Crippen molar-refractivity contribution in [2.24, 2.45) is 0 Å². The Balaban J connectivity index is 1.81. The average Bonchev–Trinajstić information content (AvgIpc) is 3.07. The molecule has 0 aliphatic carbocycles. The van der Waals surface area contributed by atoms with E-state index in [4.69, 9.17) is 11.6 Å². The first-order valence-corrected chi connectivity index (χ1v) is 8.42. The van der Waals surface area contributed by atoms with Crippen molar-refractivity contribution < 1.29 is 0 Å². The molecule has 1 aromatic heterocycles. The van der Waals surface area contributed by atoms with Crippen LogP contribution in [0.25, 0.3) is 21.5 Å². The fourth-order valence-electron chi connectivity index (χ4n) is 3.09. The molecule has 0 aliphatic heterocycles. The molecule has 1 heterocycles. The summed E-state index contributed by atoms with van der Waals surface area (Å²) in [6.45, 7) is 12.1. The SMILES string of the molecule is [C-]#[N+]c1ccc(Cn2c(C(=C)c3ccccc3)nc3ccccc32)cc1. The van der Waals surface area contributed by atoms with Gasteiger partial charge in [0, 0.05) is 12.1 Å². The molecule has 124 valence electrons. The molecular weight excluding hydrogens is 318 g/mol. The zero-order valence-corrected chi connectivity index (χ0v) is 14.3. The molecule has 0 bridgehead atoms. The highest BCUT2D eigenvalue weighted by molar-refractivity contribution is 5.83. The van der Waals surface area contributed by atoms with Crippen LogP contribution in [0.1, 0.15) is 17.0 Å². The number of para-hydroxylation sites is 2. The Labute approximate surface area is 152 Å². The third kappa shape index (κ3) is 2.89. The summed E-state index contributed by atoms with van der Waals surface area (Å²) in [5.74, 6) is 0.867. The van der Waals surface area contributed by atoms with E-state index >= 15 is 0 Å². The van der Waals surface area contributed by atoms with Gasteiger partial charge in [0.15, 0.2) is 5.69 Å². The van der Waals surface area contributed by atoms with Crippen LogP contribution < -0.4 is 0 Å². The minimum atomic E-state index is 0.651. The fraction of sp³-hybridized carbons (Fsp3) is 0.0435. The Kier molecular flexibility index (Phi) is 4.09. The predicted molar refractivity (Wildman–Crippen MR) is 106 cm³/mol. The number of benzene rings is 3. The second-order valence-electron chi connectivity index (χ2n) is 6.13. The summed E-state index contributed by atoms with van der Waals surface area (Å²) in [6, 6.07) is 26.0. The van der Waals surface area contributed by atoms with Gasteiger partial charge in [-0.15, -0.1) is 0 Å². The smallest absolute Gasteiger partial charge is 0.187 e. The molecule has 0 saturated heterocycles. The minimum Gasteiger partial charge on any atom is -0.319 e. The topological polar surface area (TPSA) is 22.2 Å². The van der Waals surface area contributed by atoms with Gasteiger partial charge in [-0.3, -0.25) is 0 Å². The summed E-state index contributed by atoms with van der Waals surface area (Å²) in [6.07, 6.45) is 0. The second kappa shape index (κ2) is 6.70. The van der Waals surface area contributed by atoms with Crippen LogP contribution in [0.4, 0.5) is 5.69 Å². The van der Waals surface area contributed by atoms with Gasteiger partial charge in [-0.1, -0.05) is 73.3 Å². The number of hydrogen-bond donors (Lipinski definition) is 0. The van der Waals surface area contributed by atoms with E-state index in [9.17, 15) is 0 Å². The lowest BCUT2D eigenvalue weighted by Crippen LogP contribution is -2.05. The molecule has 0 N–H and O–H groups in total. The Morgan fingerprint density at radius 1 is 0.923 bits per heavy atom. The van der Waals surface area contributed by atoms with Crippen molar-refractivity contribution in [3.05, 3.63) is 114 Å². The minimum absolute atomic E-state index is 0.651. The molecule has 4 rings (SSSR count). The van der Waals surface area contributed by atoms with Gasteiger partial charge in [-0.2, -0.15) is 0 Å². The molecule has 0 atom stereocenters. The Bertz CT molecular complexity index is 1110. The largest absolute Gasteiger partial charge is 0.319 e. The van der Waals surface area contributed by atoms with Crippen LogP contribution in [-0.2, 0) is 6.54 Å². The molecule has 0 fully saturated rings. The Morgan fingerprint density at radius 3 is 2.35 bits per heavy atom. The van der Waals surface area contributed by atoms with Crippen molar-refractivity contribution in [1.82, 2.24) is 9.55 Å². The highest BCUT2D eigenvalue weighted by Gasteiger charge is 2.14. The quantitative estimate of drug-likeness (QED) is 0.439. The molecule has 3 nitrogen and oxygen atoms in total. The van der Waals surface area contributed by atoms with Crippen LogP contribution in [0, 0.1) is 6.57 Å². The maximum absolute atomic E-state index is 7.10. The first kappa shape index (κ1) is 15.9. The summed E-state index contributed by atoms with van der Waals surface area (Å²) in [7, 11) is 0. The number of imidazole rings is 1. The van der Waals surface area contributed by atoms with E-state index in [1.807, 2.05) is 60.7 Å². The summed E-state index contributed by atoms with van der Waals surface area (Å²) in [5, 5.41) is 0. The average molecular weight is 335 g/mol. The molecule has 0 aliphatic rings. The summed E-state index contributed by atoms with van der Waals surface area (Å²) in [5.41, 5.74) is 5.78. The maximum atomic E-state index is 7.10. The molecule has 0 spiro atoms. The number of rotatable bonds is 4. The lowest BCUT2D eigenvalue weighted by atomic mass is 10.1. The van der Waals surface area contributed by atoms with Crippen LogP contribution in [-0.4, -0.2) is 9.55 Å². The van der Waals surface area contributed by atoms with Gasteiger partial charge in [0.05, 0.1) is 17.6 Å². The standard InChI is InChI=1S/C23H17N3/c1-17(19-8-4-3-5-9-19)23-25-21-10-6-7-11-22(21)26(23)16-18-12-14-20(24-2)15-13-18/h3-15H,1,16H2. The molecule has 0 saturated carbocycles. The van der Waals surface area contributed by atoms with Crippen LogP contribution in [0.2, 0.25) is 0 Å². The molecule has 0 unspecified atom stereocenters. The highest BCUT2D eigenvalue weighted by Crippen LogP contribution is 2.26. The molecule has 3 aromatic carbocycles. The van der Waals surface area contributed by atoms with Gasteiger partial charge in [0.25, 0.3) is 0 Å². The monoisotopic (exact) mass is 335 g/mol. The normalized spacial score (nSPS) is 10.6. The van der Waals surface area contributed by atoms with Crippen LogP contribution in [0.5, 0.6) is 0 Å². The number of hydrogen-bond acceptors (Lipinski definition) is 1. The van der Waals surface area contributed by atoms with Gasteiger partial charge in [0.2, 0.25) is 0 Å². The molecule has 3 heteroatoms. The lowest BCUT2D eigenvalue weighted by Gasteiger charge is -2.12. The van der Waals surface area contributed by atoms with Crippen molar-refractivity contribution >= 4 is 22.3 Å². The molecule has 4 aromatic rings. The zero-order valence-electron chi connectivity index (χ0n) is 14.3. The van der Waals surface area contributed by atoms with Gasteiger partial charge in [-0.25, -0.2) is 9.83 Å². The molecule has 26 heavy (non-hydrogen) atoms. The van der Waals surface area contributed by atoms with E-state index in [1.165, 1.54) is 0 Å². The van der Waals surface area contributed by atoms with E-state index in [1.54, 1.807) is 0 Å². The van der Waals surface area contributed by atoms with Gasteiger partial charge in [0.1, 0.15) is 5.82 Å².